The fourth-order valence-corrected chi connectivity index (χ4v) is 1.06. The molecule has 1 rings (SSSR count). The highest BCUT2D eigenvalue weighted by atomic mass is 14.2. The summed E-state index contributed by atoms with van der Waals surface area (Å²) in [6, 6.07) is 7.51. The van der Waals surface area contributed by atoms with Crippen LogP contribution in [0.3, 0.4) is 0 Å². The van der Waals surface area contributed by atoms with Crippen LogP contribution in [0.5, 0.6) is 0 Å². The Morgan fingerprint density at radius 3 is 2.77 bits per heavy atom. The molecule has 0 heterocycles. The molecule has 0 spiro atoms. The lowest BCUT2D eigenvalue weighted by molar-refractivity contribution is 1.44. The zero-order valence-electron chi connectivity index (χ0n) is 7.67. The van der Waals surface area contributed by atoms with Crippen molar-refractivity contribution in [3.63, 3.8) is 0 Å². The molecule has 0 radical (unpaired) electrons. The third kappa shape index (κ3) is 2.31. The lowest BCUT2D eigenvalue weighted by atomic mass is 10.1. The lowest BCUT2D eigenvalue weighted by Gasteiger charge is -1.91. The topological polar surface area (TPSA) is 23.8 Å². The molecule has 0 aliphatic heterocycles. The summed E-state index contributed by atoms with van der Waals surface area (Å²) in [5.74, 6) is 0. The molecular weight excluding hydrogens is 158 g/mol. The van der Waals surface area contributed by atoms with Crippen molar-refractivity contribution < 1.29 is 0 Å². The van der Waals surface area contributed by atoms with E-state index in [0.29, 0.717) is 5.56 Å². The number of hydrogen-bond acceptors (Lipinski definition) is 1. The van der Waals surface area contributed by atoms with Gasteiger partial charge in [0.1, 0.15) is 0 Å². The third-order valence-electron chi connectivity index (χ3n) is 1.68. The molecule has 0 aliphatic rings. The van der Waals surface area contributed by atoms with Crippen molar-refractivity contribution in [2.24, 2.45) is 0 Å². The predicted octanol–water partition coefficient (Wildman–Crippen LogP) is 1.33. The first kappa shape index (κ1) is 9.28. The van der Waals surface area contributed by atoms with Crippen LogP contribution in [0.2, 0.25) is 0 Å². The molecule has 0 bridgehead atoms. The quantitative estimate of drug-likeness (QED) is 0.622. The van der Waals surface area contributed by atoms with Gasteiger partial charge in [-0.25, -0.2) is 0 Å². The Kier molecular flexibility index (Phi) is 2.66. The molecule has 0 aliphatic carbocycles. The summed E-state index contributed by atoms with van der Waals surface area (Å²) in [6.07, 6.45) is 1.92. The van der Waals surface area contributed by atoms with Crippen LogP contribution in [0.25, 0.3) is 12.7 Å². The van der Waals surface area contributed by atoms with E-state index in [9.17, 15) is 0 Å². The lowest BCUT2D eigenvalue weighted by Crippen LogP contribution is -2.22. The molecule has 1 heteroatoms. The van der Waals surface area contributed by atoms with Crippen molar-refractivity contribution in [3.8, 4) is 6.07 Å². The van der Waals surface area contributed by atoms with Crippen molar-refractivity contribution in [2.75, 3.05) is 0 Å². The smallest absolute Gasteiger partial charge is 0.0991 e. The number of benzene rings is 1. The Hall–Kier alpha value is -1.81. The van der Waals surface area contributed by atoms with E-state index in [-0.39, 0.29) is 0 Å². The van der Waals surface area contributed by atoms with E-state index in [1.807, 2.05) is 25.1 Å². The van der Waals surface area contributed by atoms with Gasteiger partial charge in [0.05, 0.1) is 11.6 Å². The average molecular weight is 169 g/mol. The van der Waals surface area contributed by atoms with Gasteiger partial charge in [0, 0.05) is 0 Å². The van der Waals surface area contributed by atoms with Crippen LogP contribution in [-0.4, -0.2) is 0 Å². The fourth-order valence-electron chi connectivity index (χ4n) is 1.06. The van der Waals surface area contributed by atoms with Crippen molar-refractivity contribution in [1.82, 2.24) is 0 Å². The van der Waals surface area contributed by atoms with Crippen molar-refractivity contribution in [1.29, 1.82) is 5.26 Å². The Labute approximate surface area is 77.9 Å². The Morgan fingerprint density at radius 1 is 1.54 bits per heavy atom. The molecule has 0 amide bonds. The highest BCUT2D eigenvalue weighted by Gasteiger charge is 1.88. The van der Waals surface area contributed by atoms with Gasteiger partial charge in [-0.2, -0.15) is 5.26 Å². The van der Waals surface area contributed by atoms with Gasteiger partial charge in [-0.15, -0.1) is 0 Å². The largest absolute Gasteiger partial charge is 0.192 e. The van der Waals surface area contributed by atoms with E-state index >= 15 is 0 Å². The first-order chi connectivity index (χ1) is 6.13. The minimum atomic E-state index is 0.653. The minimum Gasteiger partial charge on any atom is -0.192 e. The van der Waals surface area contributed by atoms with Gasteiger partial charge in [-0.3, -0.25) is 0 Å². The second-order valence-electron chi connectivity index (χ2n) is 3.02. The second-order valence-corrected chi connectivity index (χ2v) is 3.02. The van der Waals surface area contributed by atoms with E-state index in [1.54, 1.807) is 6.07 Å². The van der Waals surface area contributed by atoms with Crippen molar-refractivity contribution >= 4 is 12.7 Å². The molecule has 0 N–H and O–H groups in total. The van der Waals surface area contributed by atoms with E-state index in [2.05, 4.69) is 19.2 Å². The van der Waals surface area contributed by atoms with Gasteiger partial charge >= 0.3 is 0 Å². The van der Waals surface area contributed by atoms with Gasteiger partial charge in [-0.05, 0) is 29.5 Å². The van der Waals surface area contributed by atoms with Crippen LogP contribution in [0.1, 0.15) is 12.5 Å². The number of nitriles is 1. The standard InChI is InChI=1S/C12H11N/c1-9(2)6-12-7-11(8-13)5-4-10(12)3/h4-7H,1,3H2,2H3. The molecule has 0 unspecified atom stereocenters. The molecule has 1 aromatic rings. The normalized spacial score (nSPS) is 10.9. The molecular formula is C12H11N. The SMILES string of the molecule is C=C(C)C=c1cc(C#N)ccc1=C. The molecule has 0 fully saturated rings. The summed E-state index contributed by atoms with van der Waals surface area (Å²) >= 11 is 0. The summed E-state index contributed by atoms with van der Waals surface area (Å²) in [5.41, 5.74) is 1.61. The van der Waals surface area contributed by atoms with Crippen LogP contribution in [-0.2, 0) is 0 Å². The first-order valence-corrected chi connectivity index (χ1v) is 4.00. The Morgan fingerprint density at radius 2 is 2.23 bits per heavy atom. The van der Waals surface area contributed by atoms with Crippen molar-refractivity contribution in [3.05, 3.63) is 46.4 Å². The average Bonchev–Trinajstić information content (AvgIpc) is 2.08. The van der Waals surface area contributed by atoms with Gasteiger partial charge in [-0.1, -0.05) is 30.9 Å². The van der Waals surface area contributed by atoms with Crippen LogP contribution in [0.4, 0.5) is 0 Å². The fraction of sp³-hybridized carbons (Fsp3) is 0.0833. The van der Waals surface area contributed by atoms with Gasteiger partial charge in [0.2, 0.25) is 0 Å². The predicted molar refractivity (Wildman–Crippen MR) is 55.2 cm³/mol. The van der Waals surface area contributed by atoms with E-state index in [0.717, 1.165) is 16.0 Å². The number of hydrogen-bond donors (Lipinski definition) is 0. The molecule has 0 saturated carbocycles. The molecule has 13 heavy (non-hydrogen) atoms. The maximum absolute atomic E-state index is 8.68. The molecule has 1 nitrogen and oxygen atoms in total. The zero-order valence-corrected chi connectivity index (χ0v) is 7.67. The summed E-state index contributed by atoms with van der Waals surface area (Å²) in [5, 5.41) is 10.6. The van der Waals surface area contributed by atoms with Crippen LogP contribution in [0, 0.1) is 11.3 Å². The summed E-state index contributed by atoms with van der Waals surface area (Å²) in [7, 11) is 0. The third-order valence-corrected chi connectivity index (χ3v) is 1.68. The number of rotatable bonds is 1. The van der Waals surface area contributed by atoms with Gasteiger partial charge in [0.15, 0.2) is 0 Å². The van der Waals surface area contributed by atoms with Crippen LogP contribution >= 0.6 is 0 Å². The summed E-state index contributed by atoms with van der Waals surface area (Å²) < 4.78 is 0. The maximum atomic E-state index is 8.68. The summed E-state index contributed by atoms with van der Waals surface area (Å²) in [6.45, 7) is 9.56. The van der Waals surface area contributed by atoms with Crippen molar-refractivity contribution in [2.45, 2.75) is 6.92 Å². The molecule has 0 aromatic heterocycles. The number of allylic oxidation sites excluding steroid dienone is 1. The van der Waals surface area contributed by atoms with E-state index in [4.69, 9.17) is 5.26 Å². The first-order valence-electron chi connectivity index (χ1n) is 4.00. The molecule has 0 saturated heterocycles. The van der Waals surface area contributed by atoms with Gasteiger partial charge in [0.25, 0.3) is 0 Å². The monoisotopic (exact) mass is 169 g/mol. The summed E-state index contributed by atoms with van der Waals surface area (Å²) in [4.78, 5) is 0. The Bertz CT molecular complexity index is 475. The molecule has 0 atom stereocenters. The van der Waals surface area contributed by atoms with E-state index in [1.165, 1.54) is 0 Å². The second kappa shape index (κ2) is 3.73. The minimum absolute atomic E-state index is 0.653. The highest BCUT2D eigenvalue weighted by molar-refractivity contribution is 5.45. The van der Waals surface area contributed by atoms with Crippen LogP contribution < -0.4 is 10.4 Å². The molecule has 1 aromatic carbocycles. The molecule has 64 valence electrons. The van der Waals surface area contributed by atoms with Gasteiger partial charge < -0.3 is 0 Å². The maximum Gasteiger partial charge on any atom is 0.0991 e. The zero-order chi connectivity index (χ0) is 9.84. The van der Waals surface area contributed by atoms with E-state index < -0.39 is 0 Å². The number of nitrogens with zero attached hydrogens (tertiary/aromatic N) is 1. The highest BCUT2D eigenvalue weighted by Crippen LogP contribution is 1.90. The van der Waals surface area contributed by atoms with Crippen LogP contribution in [0.15, 0.2) is 30.4 Å². The Balaban J connectivity index is 3.46.